The van der Waals surface area contributed by atoms with Gasteiger partial charge in [0.15, 0.2) is 11.6 Å². The fourth-order valence-corrected chi connectivity index (χ4v) is 3.71. The molecule has 1 aromatic heterocycles. The van der Waals surface area contributed by atoms with E-state index in [0.717, 1.165) is 18.5 Å². The van der Waals surface area contributed by atoms with Crippen molar-refractivity contribution in [1.29, 1.82) is 0 Å². The van der Waals surface area contributed by atoms with Crippen LogP contribution in [0.25, 0.3) is 0 Å². The Morgan fingerprint density at radius 2 is 1.90 bits per heavy atom. The molecule has 2 aliphatic rings. The van der Waals surface area contributed by atoms with Gasteiger partial charge in [0.1, 0.15) is 12.2 Å². The van der Waals surface area contributed by atoms with E-state index in [1.54, 1.807) is 17.0 Å². The first-order chi connectivity index (χ1) is 14.8. The van der Waals surface area contributed by atoms with Crippen molar-refractivity contribution in [2.75, 3.05) is 19.9 Å². The fraction of sp³-hybridized carbons (Fsp3) is 0.478. The van der Waals surface area contributed by atoms with Gasteiger partial charge in [0, 0.05) is 36.3 Å². The summed E-state index contributed by atoms with van der Waals surface area (Å²) in [4.78, 5) is 18.7. The molecule has 1 fully saturated rings. The molecule has 1 saturated heterocycles. The number of aromatic nitrogens is 1. The lowest BCUT2D eigenvalue weighted by Crippen LogP contribution is -2.41. The highest BCUT2D eigenvalue weighted by molar-refractivity contribution is 5.68. The van der Waals surface area contributed by atoms with Crippen LogP contribution in [0.1, 0.15) is 50.8 Å². The molecule has 0 N–H and O–H groups in total. The molecule has 1 amide bonds. The van der Waals surface area contributed by atoms with Gasteiger partial charge in [0.2, 0.25) is 18.4 Å². The molecule has 2 aromatic rings. The van der Waals surface area contributed by atoms with Crippen LogP contribution in [0.2, 0.25) is 0 Å². The van der Waals surface area contributed by atoms with Crippen molar-refractivity contribution in [2.45, 2.75) is 51.7 Å². The van der Waals surface area contributed by atoms with E-state index >= 15 is 0 Å². The summed E-state index contributed by atoms with van der Waals surface area (Å²) in [6.45, 7) is 7.06. The molecule has 0 aliphatic carbocycles. The van der Waals surface area contributed by atoms with E-state index in [9.17, 15) is 9.18 Å². The number of piperidine rings is 1. The fourth-order valence-electron chi connectivity index (χ4n) is 3.71. The van der Waals surface area contributed by atoms with E-state index in [1.807, 2.05) is 32.9 Å². The largest absolute Gasteiger partial charge is 0.473 e. The molecule has 0 spiro atoms. The van der Waals surface area contributed by atoms with E-state index in [-0.39, 0.29) is 31.2 Å². The van der Waals surface area contributed by atoms with Crippen LogP contribution >= 0.6 is 0 Å². The van der Waals surface area contributed by atoms with Gasteiger partial charge in [-0.1, -0.05) is 6.07 Å². The predicted molar refractivity (Wildman–Crippen MR) is 111 cm³/mol. The number of hydrogen-bond donors (Lipinski definition) is 0. The van der Waals surface area contributed by atoms with E-state index < -0.39 is 11.4 Å². The number of amides is 1. The summed E-state index contributed by atoms with van der Waals surface area (Å²) < 4.78 is 35.6. The Morgan fingerprint density at radius 1 is 1.16 bits per heavy atom. The van der Waals surface area contributed by atoms with E-state index in [2.05, 4.69) is 4.98 Å². The van der Waals surface area contributed by atoms with Crippen molar-refractivity contribution in [2.24, 2.45) is 0 Å². The van der Waals surface area contributed by atoms with Crippen molar-refractivity contribution in [3.8, 4) is 17.4 Å². The molecule has 166 valence electrons. The lowest BCUT2D eigenvalue weighted by Gasteiger charge is -2.33. The van der Waals surface area contributed by atoms with Crippen LogP contribution in [-0.4, -0.2) is 41.5 Å². The highest BCUT2D eigenvalue weighted by atomic mass is 19.1. The summed E-state index contributed by atoms with van der Waals surface area (Å²) in [5, 5.41) is 0. The van der Waals surface area contributed by atoms with E-state index in [0.29, 0.717) is 30.3 Å². The Balaban J connectivity index is 1.35. The van der Waals surface area contributed by atoms with Gasteiger partial charge in [-0.3, -0.25) is 0 Å². The number of benzene rings is 1. The van der Waals surface area contributed by atoms with E-state index in [4.69, 9.17) is 18.9 Å². The molecule has 0 radical (unpaired) electrons. The molecular formula is C23H27FN2O5. The smallest absolute Gasteiger partial charge is 0.410 e. The average molecular weight is 430 g/mol. The number of hydrogen-bond acceptors (Lipinski definition) is 6. The van der Waals surface area contributed by atoms with Crippen molar-refractivity contribution < 1.29 is 28.1 Å². The normalized spacial score (nSPS) is 16.3. The second kappa shape index (κ2) is 8.61. The maximum absolute atomic E-state index is 13.8. The third-order valence-electron chi connectivity index (χ3n) is 5.24. The minimum atomic E-state index is -0.497. The number of likely N-dealkylation sites (tertiary alicyclic amines) is 1. The van der Waals surface area contributed by atoms with E-state index in [1.165, 1.54) is 6.07 Å². The first kappa shape index (κ1) is 21.2. The molecule has 0 unspecified atom stereocenters. The molecule has 4 rings (SSSR count). The zero-order chi connectivity index (χ0) is 22.0. The Hall–Kier alpha value is -3.03. The molecule has 31 heavy (non-hydrogen) atoms. The standard InChI is InChI=1S/C23H27FN2O5/c1-23(2,3)31-22(27)26-11-9-15(10-12-26)18-5-4-6-19(25-18)28-13-16-7-8-17(24)21-20(16)29-14-30-21/h4-8,15H,9-14H2,1-3H3. The Morgan fingerprint density at radius 3 is 2.65 bits per heavy atom. The lowest BCUT2D eigenvalue weighted by molar-refractivity contribution is 0.0204. The number of carbonyl (C=O) groups excluding carboxylic acids is 1. The topological polar surface area (TPSA) is 70.1 Å². The monoisotopic (exact) mass is 430 g/mol. The van der Waals surface area contributed by atoms with Gasteiger partial charge in [-0.05, 0) is 51.8 Å². The molecule has 0 bridgehead atoms. The Labute approximate surface area is 181 Å². The number of nitrogens with zero attached hydrogens (tertiary/aromatic N) is 2. The molecule has 8 heteroatoms. The summed E-state index contributed by atoms with van der Waals surface area (Å²) in [7, 11) is 0. The van der Waals surface area contributed by atoms with Crippen LogP contribution in [0.4, 0.5) is 9.18 Å². The minimum Gasteiger partial charge on any atom is -0.473 e. The molecule has 7 nitrogen and oxygen atoms in total. The Bertz CT molecular complexity index is 951. The van der Waals surface area contributed by atoms with Crippen LogP contribution in [0.5, 0.6) is 17.4 Å². The Kier molecular flexibility index (Phi) is 5.89. The van der Waals surface area contributed by atoms with Gasteiger partial charge in [0.25, 0.3) is 0 Å². The van der Waals surface area contributed by atoms with Crippen LogP contribution in [-0.2, 0) is 11.3 Å². The quantitative estimate of drug-likeness (QED) is 0.704. The summed E-state index contributed by atoms with van der Waals surface area (Å²) >= 11 is 0. The molecule has 2 aliphatic heterocycles. The van der Waals surface area contributed by atoms with Crippen LogP contribution in [0.15, 0.2) is 30.3 Å². The number of ether oxygens (including phenoxy) is 4. The molecule has 0 saturated carbocycles. The SMILES string of the molecule is CC(C)(C)OC(=O)N1CCC(c2cccc(OCc3ccc(F)c4c3OCO4)n2)CC1. The number of halogens is 1. The van der Waals surface area contributed by atoms with Gasteiger partial charge in [-0.15, -0.1) is 0 Å². The molecular weight excluding hydrogens is 403 g/mol. The van der Waals surface area contributed by atoms with Gasteiger partial charge in [0.05, 0.1) is 0 Å². The zero-order valence-corrected chi connectivity index (χ0v) is 18.0. The van der Waals surface area contributed by atoms with Gasteiger partial charge < -0.3 is 23.8 Å². The first-order valence-electron chi connectivity index (χ1n) is 10.4. The lowest BCUT2D eigenvalue weighted by atomic mass is 9.93. The number of carbonyl (C=O) groups is 1. The third-order valence-corrected chi connectivity index (χ3v) is 5.24. The minimum absolute atomic E-state index is 0.000997. The highest BCUT2D eigenvalue weighted by Crippen LogP contribution is 2.38. The van der Waals surface area contributed by atoms with Crippen molar-refractivity contribution >= 4 is 6.09 Å². The van der Waals surface area contributed by atoms with Gasteiger partial charge in [-0.25, -0.2) is 14.2 Å². The van der Waals surface area contributed by atoms with Gasteiger partial charge in [-0.2, -0.15) is 0 Å². The second-order valence-corrected chi connectivity index (χ2v) is 8.70. The third kappa shape index (κ3) is 5.00. The number of pyridine rings is 1. The molecule has 1 aromatic carbocycles. The van der Waals surface area contributed by atoms with Crippen LogP contribution in [0, 0.1) is 5.82 Å². The average Bonchev–Trinajstić information content (AvgIpc) is 3.23. The van der Waals surface area contributed by atoms with Crippen molar-refractivity contribution in [3.63, 3.8) is 0 Å². The summed E-state index contributed by atoms with van der Waals surface area (Å²) in [5.41, 5.74) is 1.14. The number of fused-ring (bicyclic) bond motifs is 1. The van der Waals surface area contributed by atoms with Gasteiger partial charge >= 0.3 is 6.09 Å². The summed E-state index contributed by atoms with van der Waals surface area (Å²) in [5.74, 6) is 0.789. The summed E-state index contributed by atoms with van der Waals surface area (Å²) in [6.07, 6.45) is 1.35. The van der Waals surface area contributed by atoms with Crippen molar-refractivity contribution in [1.82, 2.24) is 9.88 Å². The van der Waals surface area contributed by atoms with Crippen LogP contribution < -0.4 is 14.2 Å². The highest BCUT2D eigenvalue weighted by Gasteiger charge is 2.28. The number of rotatable bonds is 4. The maximum atomic E-state index is 13.8. The van der Waals surface area contributed by atoms with Crippen LogP contribution in [0.3, 0.4) is 0 Å². The maximum Gasteiger partial charge on any atom is 0.410 e. The second-order valence-electron chi connectivity index (χ2n) is 8.70. The van der Waals surface area contributed by atoms with Crippen molar-refractivity contribution in [3.05, 3.63) is 47.4 Å². The first-order valence-corrected chi connectivity index (χ1v) is 10.4. The predicted octanol–water partition coefficient (Wildman–Crippen LogP) is 4.64. The summed E-state index contributed by atoms with van der Waals surface area (Å²) in [6, 6.07) is 8.65. The molecule has 3 heterocycles. The zero-order valence-electron chi connectivity index (χ0n) is 18.0. The molecule has 0 atom stereocenters.